The Hall–Kier alpha value is -1.09. The average molecular weight is 194 g/mol. The fourth-order valence-corrected chi connectivity index (χ4v) is 1.25. The van der Waals surface area contributed by atoms with Crippen LogP contribution in [0.5, 0.6) is 0 Å². The standard InChI is InChI=1S/C11H18N2O/c1-7(2)13-11-8(3)5-10(6-12-11)9(4)14/h5-7,9,14H,1-4H3,(H,12,13)/t9-/m0/s1. The van der Waals surface area contributed by atoms with Crippen molar-refractivity contribution in [2.24, 2.45) is 0 Å². The smallest absolute Gasteiger partial charge is 0.129 e. The topological polar surface area (TPSA) is 45.2 Å². The first-order chi connectivity index (χ1) is 6.50. The number of aromatic nitrogens is 1. The highest BCUT2D eigenvalue weighted by atomic mass is 16.3. The number of nitrogens with one attached hydrogen (secondary N) is 1. The first kappa shape index (κ1) is 11.0. The largest absolute Gasteiger partial charge is 0.389 e. The summed E-state index contributed by atoms with van der Waals surface area (Å²) in [6.07, 6.45) is 1.26. The fourth-order valence-electron chi connectivity index (χ4n) is 1.25. The lowest BCUT2D eigenvalue weighted by molar-refractivity contribution is 0.199. The molecule has 0 aromatic carbocycles. The predicted octanol–water partition coefficient (Wildman–Crippen LogP) is 2.26. The fraction of sp³-hybridized carbons (Fsp3) is 0.545. The number of nitrogens with zero attached hydrogens (tertiary/aromatic N) is 1. The molecule has 0 saturated carbocycles. The van der Waals surface area contributed by atoms with Crippen LogP contribution in [0.1, 0.15) is 38.0 Å². The summed E-state index contributed by atoms with van der Waals surface area (Å²) in [7, 11) is 0. The van der Waals surface area contributed by atoms with Crippen LogP contribution in [0.15, 0.2) is 12.3 Å². The van der Waals surface area contributed by atoms with Crippen LogP contribution in [0.25, 0.3) is 0 Å². The summed E-state index contributed by atoms with van der Waals surface area (Å²) in [5, 5.41) is 12.6. The molecule has 0 bridgehead atoms. The highest BCUT2D eigenvalue weighted by Crippen LogP contribution is 2.18. The molecule has 0 unspecified atom stereocenters. The van der Waals surface area contributed by atoms with Crippen molar-refractivity contribution in [1.29, 1.82) is 0 Å². The molecule has 14 heavy (non-hydrogen) atoms. The Morgan fingerprint density at radius 1 is 1.36 bits per heavy atom. The van der Waals surface area contributed by atoms with E-state index in [9.17, 15) is 5.11 Å². The molecular formula is C11H18N2O. The Bertz CT molecular complexity index is 308. The molecule has 1 aromatic heterocycles. The SMILES string of the molecule is Cc1cc([C@H](C)O)cnc1NC(C)C. The number of aliphatic hydroxyl groups excluding tert-OH is 1. The van der Waals surface area contributed by atoms with Crippen molar-refractivity contribution < 1.29 is 5.11 Å². The van der Waals surface area contributed by atoms with Crippen LogP contribution in [0, 0.1) is 6.92 Å². The highest BCUT2D eigenvalue weighted by Gasteiger charge is 2.05. The van der Waals surface area contributed by atoms with Gasteiger partial charge in [-0.05, 0) is 44.9 Å². The first-order valence-electron chi connectivity index (χ1n) is 4.92. The monoisotopic (exact) mass is 194 g/mol. The average Bonchev–Trinajstić information content (AvgIpc) is 2.07. The molecule has 0 aliphatic rings. The van der Waals surface area contributed by atoms with E-state index in [1.807, 2.05) is 13.0 Å². The molecule has 2 N–H and O–H groups in total. The minimum absolute atomic E-state index is 0.374. The van der Waals surface area contributed by atoms with Gasteiger partial charge in [-0.15, -0.1) is 0 Å². The van der Waals surface area contributed by atoms with E-state index in [4.69, 9.17) is 0 Å². The molecule has 1 rings (SSSR count). The predicted molar refractivity (Wildman–Crippen MR) is 58.4 cm³/mol. The Labute approximate surface area is 85.2 Å². The Balaban J connectivity index is 2.90. The Morgan fingerprint density at radius 2 is 2.00 bits per heavy atom. The number of anilines is 1. The van der Waals surface area contributed by atoms with Gasteiger partial charge in [-0.3, -0.25) is 0 Å². The first-order valence-corrected chi connectivity index (χ1v) is 4.92. The lowest BCUT2D eigenvalue weighted by Crippen LogP contribution is -2.12. The van der Waals surface area contributed by atoms with Gasteiger partial charge in [-0.2, -0.15) is 0 Å². The van der Waals surface area contributed by atoms with Crippen molar-refractivity contribution in [2.45, 2.75) is 39.8 Å². The maximum Gasteiger partial charge on any atom is 0.129 e. The molecule has 1 atom stereocenters. The minimum Gasteiger partial charge on any atom is -0.389 e. The number of pyridine rings is 1. The Morgan fingerprint density at radius 3 is 2.43 bits per heavy atom. The zero-order chi connectivity index (χ0) is 10.7. The summed E-state index contributed by atoms with van der Waals surface area (Å²) < 4.78 is 0. The van der Waals surface area contributed by atoms with Crippen LogP contribution >= 0.6 is 0 Å². The summed E-state index contributed by atoms with van der Waals surface area (Å²) in [5.41, 5.74) is 1.92. The van der Waals surface area contributed by atoms with Gasteiger partial charge in [0.05, 0.1) is 6.10 Å². The molecule has 0 aliphatic carbocycles. The molecular weight excluding hydrogens is 176 g/mol. The van der Waals surface area contributed by atoms with Crippen LogP contribution in [0.4, 0.5) is 5.82 Å². The van der Waals surface area contributed by atoms with Crippen molar-refractivity contribution in [3.63, 3.8) is 0 Å². The van der Waals surface area contributed by atoms with Gasteiger partial charge in [0.15, 0.2) is 0 Å². The van der Waals surface area contributed by atoms with E-state index < -0.39 is 6.10 Å². The van der Waals surface area contributed by atoms with Gasteiger partial charge < -0.3 is 10.4 Å². The van der Waals surface area contributed by atoms with Gasteiger partial charge in [0, 0.05) is 12.2 Å². The second-order valence-electron chi connectivity index (χ2n) is 3.91. The van der Waals surface area contributed by atoms with E-state index >= 15 is 0 Å². The van der Waals surface area contributed by atoms with Crippen LogP contribution in [0.3, 0.4) is 0 Å². The van der Waals surface area contributed by atoms with Gasteiger partial charge in [-0.1, -0.05) is 0 Å². The van der Waals surface area contributed by atoms with Crippen LogP contribution in [-0.2, 0) is 0 Å². The normalized spacial score (nSPS) is 13.0. The van der Waals surface area contributed by atoms with Crippen molar-refractivity contribution >= 4 is 5.82 Å². The third-order valence-corrected chi connectivity index (χ3v) is 2.01. The number of aliphatic hydroxyl groups is 1. The van der Waals surface area contributed by atoms with E-state index in [1.165, 1.54) is 0 Å². The van der Waals surface area contributed by atoms with Crippen LogP contribution in [0.2, 0.25) is 0 Å². The van der Waals surface area contributed by atoms with E-state index in [0.29, 0.717) is 6.04 Å². The second-order valence-corrected chi connectivity index (χ2v) is 3.91. The summed E-state index contributed by atoms with van der Waals surface area (Å²) in [6.45, 7) is 7.88. The van der Waals surface area contributed by atoms with Crippen LogP contribution < -0.4 is 5.32 Å². The van der Waals surface area contributed by atoms with Crippen molar-refractivity contribution in [3.8, 4) is 0 Å². The molecule has 0 radical (unpaired) electrons. The van der Waals surface area contributed by atoms with Gasteiger partial charge in [0.2, 0.25) is 0 Å². The lowest BCUT2D eigenvalue weighted by atomic mass is 10.1. The Kier molecular flexibility index (Phi) is 3.47. The molecule has 3 nitrogen and oxygen atoms in total. The number of hydrogen-bond acceptors (Lipinski definition) is 3. The van der Waals surface area contributed by atoms with E-state index in [-0.39, 0.29) is 0 Å². The van der Waals surface area contributed by atoms with Gasteiger partial charge in [0.25, 0.3) is 0 Å². The number of aryl methyl sites for hydroxylation is 1. The number of rotatable bonds is 3. The van der Waals surface area contributed by atoms with Crippen molar-refractivity contribution in [2.75, 3.05) is 5.32 Å². The van der Waals surface area contributed by atoms with Gasteiger partial charge in [-0.25, -0.2) is 4.98 Å². The minimum atomic E-state index is -0.450. The molecule has 0 amide bonds. The van der Waals surface area contributed by atoms with Crippen molar-refractivity contribution in [1.82, 2.24) is 4.98 Å². The molecule has 1 aromatic rings. The molecule has 0 spiro atoms. The van der Waals surface area contributed by atoms with Gasteiger partial charge >= 0.3 is 0 Å². The van der Waals surface area contributed by atoms with Crippen molar-refractivity contribution in [3.05, 3.63) is 23.4 Å². The molecule has 78 valence electrons. The lowest BCUT2D eigenvalue weighted by Gasteiger charge is -2.13. The summed E-state index contributed by atoms with van der Waals surface area (Å²) in [4.78, 5) is 4.27. The third kappa shape index (κ3) is 2.70. The quantitative estimate of drug-likeness (QED) is 0.775. The summed E-state index contributed by atoms with van der Waals surface area (Å²) >= 11 is 0. The highest BCUT2D eigenvalue weighted by molar-refractivity contribution is 5.45. The van der Waals surface area contributed by atoms with E-state index in [0.717, 1.165) is 16.9 Å². The summed E-state index contributed by atoms with van der Waals surface area (Å²) in [6, 6.07) is 2.33. The molecule has 0 saturated heterocycles. The molecule has 3 heteroatoms. The third-order valence-electron chi connectivity index (χ3n) is 2.01. The zero-order valence-corrected chi connectivity index (χ0v) is 9.20. The van der Waals surface area contributed by atoms with Gasteiger partial charge in [0.1, 0.15) is 5.82 Å². The second kappa shape index (κ2) is 4.42. The molecule has 0 fully saturated rings. The van der Waals surface area contributed by atoms with Crippen LogP contribution in [-0.4, -0.2) is 16.1 Å². The van der Waals surface area contributed by atoms with E-state index in [1.54, 1.807) is 13.1 Å². The number of hydrogen-bond donors (Lipinski definition) is 2. The molecule has 0 aliphatic heterocycles. The summed E-state index contributed by atoms with van der Waals surface area (Å²) in [5.74, 6) is 0.893. The zero-order valence-electron chi connectivity index (χ0n) is 9.20. The maximum atomic E-state index is 9.36. The van der Waals surface area contributed by atoms with E-state index in [2.05, 4.69) is 24.1 Å². The molecule has 1 heterocycles. The maximum absolute atomic E-state index is 9.36.